The number of carbonyl (C=O) groups is 2. The molecule has 0 spiro atoms. The van der Waals surface area contributed by atoms with Gasteiger partial charge < -0.3 is 16.0 Å². The monoisotopic (exact) mass is 627 g/mol. The van der Waals surface area contributed by atoms with E-state index in [2.05, 4.69) is 70.4 Å². The second-order valence-corrected chi connectivity index (χ2v) is 10.8. The normalized spacial score (nSPS) is 10.8. The molecule has 205 valence electrons. The number of rotatable bonds is 8. The highest BCUT2D eigenvalue weighted by Crippen LogP contribution is 2.32. The van der Waals surface area contributed by atoms with Gasteiger partial charge in [0.25, 0.3) is 5.91 Å². The van der Waals surface area contributed by atoms with Crippen molar-refractivity contribution in [1.82, 2.24) is 24.7 Å². The van der Waals surface area contributed by atoms with Gasteiger partial charge in [0.15, 0.2) is 5.65 Å². The molecule has 41 heavy (non-hydrogen) atoms. The highest BCUT2D eigenvalue weighted by atomic mass is 79.9. The summed E-state index contributed by atoms with van der Waals surface area (Å²) in [4.78, 5) is 43.8. The molecule has 0 aliphatic rings. The van der Waals surface area contributed by atoms with Crippen molar-refractivity contribution in [2.24, 2.45) is 0 Å². The summed E-state index contributed by atoms with van der Waals surface area (Å²) in [5, 5.41) is 9.53. The Morgan fingerprint density at radius 3 is 2.51 bits per heavy atom. The van der Waals surface area contributed by atoms with Crippen LogP contribution in [0.4, 0.5) is 27.8 Å². The first-order chi connectivity index (χ1) is 19.9. The largest absolute Gasteiger partial charge is 0.352 e. The van der Waals surface area contributed by atoms with E-state index in [-0.39, 0.29) is 11.8 Å². The lowest BCUT2D eigenvalue weighted by Gasteiger charge is -2.14. The third-order valence-corrected chi connectivity index (χ3v) is 7.10. The van der Waals surface area contributed by atoms with Gasteiger partial charge in [-0.15, -0.1) is 0 Å². The fraction of sp³-hybridized carbons (Fsp3) is 0.103. The zero-order valence-corrected chi connectivity index (χ0v) is 24.4. The number of carbonyl (C=O) groups excluding carboxylic acids is 2. The molecule has 0 aliphatic carbocycles. The Hall–Kier alpha value is -4.55. The predicted octanol–water partition coefficient (Wildman–Crippen LogP) is 7.15. The molecule has 0 aliphatic heterocycles. The summed E-state index contributed by atoms with van der Waals surface area (Å²) >= 11 is 4.31. The van der Waals surface area contributed by atoms with E-state index in [0.717, 1.165) is 22.1 Å². The van der Waals surface area contributed by atoms with E-state index in [1.807, 2.05) is 30.3 Å². The van der Waals surface area contributed by atoms with Crippen LogP contribution in [-0.2, 0) is 0 Å². The first-order valence-corrected chi connectivity index (χ1v) is 14.1. The molecule has 1 radical (unpaired) electrons. The van der Waals surface area contributed by atoms with E-state index >= 15 is 0 Å². The Morgan fingerprint density at radius 2 is 1.76 bits per heavy atom. The van der Waals surface area contributed by atoms with Crippen molar-refractivity contribution in [2.45, 2.75) is 24.7 Å². The van der Waals surface area contributed by atoms with Gasteiger partial charge in [0, 0.05) is 39.6 Å². The minimum atomic E-state index is -0.520. The lowest BCUT2D eigenvalue weighted by atomic mass is 10.1. The SMILES string of the molecule is CC(C)c1ccc2c(Nc3cc(C(=O)Nc4ccc(Br)cn4)ccc3S[N]C(=O)Nc3ccccc3)ncnc2n1. The minimum Gasteiger partial charge on any atom is -0.339 e. The number of nitrogens with zero attached hydrogens (tertiary/aromatic N) is 5. The van der Waals surface area contributed by atoms with Gasteiger partial charge in [0.05, 0.1) is 16.0 Å². The van der Waals surface area contributed by atoms with Gasteiger partial charge in [-0.2, -0.15) is 4.72 Å². The Morgan fingerprint density at radius 1 is 0.927 bits per heavy atom. The second-order valence-electron chi connectivity index (χ2n) is 9.11. The van der Waals surface area contributed by atoms with Crippen molar-refractivity contribution in [2.75, 3.05) is 16.0 Å². The number of amides is 3. The van der Waals surface area contributed by atoms with Crippen LogP contribution in [0, 0.1) is 0 Å². The molecule has 0 saturated heterocycles. The lowest BCUT2D eigenvalue weighted by Crippen LogP contribution is -2.17. The van der Waals surface area contributed by atoms with Crippen LogP contribution in [0.1, 0.15) is 35.8 Å². The summed E-state index contributed by atoms with van der Waals surface area (Å²) in [6.45, 7) is 4.13. The zero-order valence-electron chi connectivity index (χ0n) is 22.0. The number of halogens is 1. The maximum absolute atomic E-state index is 13.1. The fourth-order valence-corrected chi connectivity index (χ4v) is 4.55. The molecular weight excluding hydrogens is 604 g/mol. The molecule has 3 aromatic heterocycles. The van der Waals surface area contributed by atoms with Crippen molar-refractivity contribution in [3.63, 3.8) is 0 Å². The molecule has 0 atom stereocenters. The molecule has 0 fully saturated rings. The van der Waals surface area contributed by atoms with Crippen molar-refractivity contribution in [1.29, 1.82) is 0 Å². The Labute approximate surface area is 249 Å². The second kappa shape index (κ2) is 12.7. The third-order valence-electron chi connectivity index (χ3n) is 5.83. The molecular formula is C29H24BrN8O2S. The summed E-state index contributed by atoms with van der Waals surface area (Å²) in [6.07, 6.45) is 3.03. The number of hydrogen-bond donors (Lipinski definition) is 3. The average molecular weight is 629 g/mol. The van der Waals surface area contributed by atoms with E-state index < -0.39 is 6.03 Å². The van der Waals surface area contributed by atoms with Crippen molar-refractivity contribution in [3.05, 3.63) is 101 Å². The van der Waals surface area contributed by atoms with Crippen LogP contribution < -0.4 is 20.7 Å². The standard InChI is InChI=1S/C29H24BrN8O2S/c1-17(2)22-11-10-21-26(35-22)32-16-33-27(21)36-23-14-18(28(39)37-25-13-9-19(30)15-31-25)8-12-24(23)41-38-29(40)34-20-6-4-3-5-7-20/h3-17H,1-2H3,(H,34,40)(H,31,37,39)(H,32,33,35,36). The minimum absolute atomic E-state index is 0.243. The highest BCUT2D eigenvalue weighted by Gasteiger charge is 2.16. The van der Waals surface area contributed by atoms with E-state index in [1.54, 1.807) is 48.7 Å². The molecule has 3 N–H and O–H groups in total. The van der Waals surface area contributed by atoms with Gasteiger partial charge in [-0.05, 0) is 76.4 Å². The number of benzene rings is 2. The van der Waals surface area contributed by atoms with Crippen LogP contribution in [0.2, 0.25) is 0 Å². The van der Waals surface area contributed by atoms with Crippen LogP contribution in [0.5, 0.6) is 0 Å². The van der Waals surface area contributed by atoms with E-state index in [4.69, 9.17) is 0 Å². The zero-order chi connectivity index (χ0) is 28.8. The van der Waals surface area contributed by atoms with Gasteiger partial charge in [-0.1, -0.05) is 32.0 Å². The van der Waals surface area contributed by atoms with Crippen LogP contribution in [-0.4, -0.2) is 31.9 Å². The number of fused-ring (bicyclic) bond motifs is 1. The molecule has 0 saturated carbocycles. The topological polar surface area (TPSA) is 136 Å². The molecule has 2 aromatic carbocycles. The molecule has 3 heterocycles. The maximum Gasteiger partial charge on any atom is 0.352 e. The number of anilines is 4. The maximum atomic E-state index is 13.1. The van der Waals surface area contributed by atoms with Gasteiger partial charge in [0.2, 0.25) is 0 Å². The van der Waals surface area contributed by atoms with Gasteiger partial charge in [-0.3, -0.25) is 4.79 Å². The van der Waals surface area contributed by atoms with E-state index in [9.17, 15) is 9.59 Å². The molecule has 5 aromatic rings. The van der Waals surface area contributed by atoms with Gasteiger partial charge >= 0.3 is 6.03 Å². The predicted molar refractivity (Wildman–Crippen MR) is 164 cm³/mol. The lowest BCUT2D eigenvalue weighted by molar-refractivity contribution is 0.102. The van der Waals surface area contributed by atoms with Crippen LogP contribution in [0.15, 0.2) is 94.7 Å². The number of para-hydroxylation sites is 1. The summed E-state index contributed by atoms with van der Waals surface area (Å²) in [5.41, 5.74) is 2.99. The molecule has 5 rings (SSSR count). The fourth-order valence-electron chi connectivity index (χ4n) is 3.75. The summed E-state index contributed by atoms with van der Waals surface area (Å²) in [6, 6.07) is 20.9. The first kappa shape index (κ1) is 28.0. The Kier molecular flexibility index (Phi) is 8.70. The summed E-state index contributed by atoms with van der Waals surface area (Å²) < 4.78 is 4.90. The summed E-state index contributed by atoms with van der Waals surface area (Å²) in [7, 11) is 0. The Bertz CT molecular complexity index is 1700. The van der Waals surface area contributed by atoms with Gasteiger partial charge in [0.1, 0.15) is 18.0 Å². The van der Waals surface area contributed by atoms with Crippen LogP contribution in [0.25, 0.3) is 11.0 Å². The number of urea groups is 1. The van der Waals surface area contributed by atoms with E-state index in [0.29, 0.717) is 44.5 Å². The number of aromatic nitrogens is 4. The number of hydrogen-bond acceptors (Lipinski definition) is 8. The van der Waals surface area contributed by atoms with Crippen molar-refractivity contribution >= 4 is 73.9 Å². The molecule has 12 heteroatoms. The number of nitrogens with one attached hydrogen (secondary N) is 3. The van der Waals surface area contributed by atoms with Crippen molar-refractivity contribution in [3.8, 4) is 0 Å². The third kappa shape index (κ3) is 7.16. The van der Waals surface area contributed by atoms with Crippen molar-refractivity contribution < 1.29 is 9.59 Å². The summed E-state index contributed by atoms with van der Waals surface area (Å²) in [5.74, 6) is 0.801. The average Bonchev–Trinajstić information content (AvgIpc) is 2.98. The van der Waals surface area contributed by atoms with Crippen LogP contribution in [0.3, 0.4) is 0 Å². The number of pyridine rings is 2. The highest BCUT2D eigenvalue weighted by molar-refractivity contribution is 9.10. The molecule has 10 nitrogen and oxygen atoms in total. The van der Waals surface area contributed by atoms with Gasteiger partial charge in [-0.25, -0.2) is 24.7 Å². The van der Waals surface area contributed by atoms with Crippen LogP contribution >= 0.6 is 27.9 Å². The molecule has 3 amide bonds. The molecule has 0 bridgehead atoms. The first-order valence-electron chi connectivity index (χ1n) is 12.6. The Balaban J connectivity index is 1.43. The molecule has 0 unspecified atom stereocenters. The van der Waals surface area contributed by atoms with E-state index in [1.165, 1.54) is 6.33 Å². The quantitative estimate of drug-likeness (QED) is 0.154. The smallest absolute Gasteiger partial charge is 0.339 e.